The number of nitrogens with zero attached hydrogens (tertiary/aromatic N) is 3. The molecule has 0 saturated carbocycles. The molecule has 3 rings (SSSR count). The van der Waals surface area contributed by atoms with Gasteiger partial charge in [-0.25, -0.2) is 9.97 Å². The lowest BCUT2D eigenvalue weighted by Gasteiger charge is -2.09. The first-order chi connectivity index (χ1) is 9.65. The zero-order valence-electron chi connectivity index (χ0n) is 11.5. The number of imidazole rings is 1. The van der Waals surface area contributed by atoms with Crippen molar-refractivity contribution in [3.63, 3.8) is 0 Å². The van der Waals surface area contributed by atoms with Gasteiger partial charge in [0, 0.05) is 24.5 Å². The normalized spacial score (nSPS) is 12.9. The van der Waals surface area contributed by atoms with Crippen molar-refractivity contribution >= 4 is 34.0 Å². The lowest BCUT2D eigenvalue weighted by atomic mass is 10.2. The van der Waals surface area contributed by atoms with E-state index in [1.807, 2.05) is 18.5 Å². The fourth-order valence-corrected chi connectivity index (χ4v) is 3.16. The fraction of sp³-hybridized carbons (Fsp3) is 0.333. The van der Waals surface area contributed by atoms with Crippen molar-refractivity contribution in [3.05, 3.63) is 46.2 Å². The lowest BCUT2D eigenvalue weighted by molar-refractivity contribution is 0.666. The van der Waals surface area contributed by atoms with Crippen molar-refractivity contribution in [1.82, 2.24) is 14.5 Å². The van der Waals surface area contributed by atoms with Gasteiger partial charge in [-0.05, 0) is 31.5 Å². The molecule has 1 aromatic carbocycles. The first kappa shape index (κ1) is 13.6. The van der Waals surface area contributed by atoms with Crippen LogP contribution in [0.25, 0.3) is 11.0 Å². The van der Waals surface area contributed by atoms with Crippen LogP contribution in [0.3, 0.4) is 0 Å². The number of halogens is 1. The Hall–Kier alpha value is -1.39. The zero-order valence-corrected chi connectivity index (χ0v) is 13.1. The van der Waals surface area contributed by atoms with Crippen LogP contribution in [-0.4, -0.2) is 14.5 Å². The predicted molar refractivity (Wildman–Crippen MR) is 84.6 cm³/mol. The van der Waals surface area contributed by atoms with Crippen molar-refractivity contribution in [1.29, 1.82) is 0 Å². The molecular formula is C15H16ClN3S. The molecule has 104 valence electrons. The third kappa shape index (κ3) is 2.58. The molecule has 0 amide bonds. The molecule has 0 aliphatic heterocycles. The first-order valence-corrected chi connectivity index (χ1v) is 7.96. The van der Waals surface area contributed by atoms with Gasteiger partial charge in [0.1, 0.15) is 5.82 Å². The second-order valence-electron chi connectivity index (χ2n) is 4.91. The van der Waals surface area contributed by atoms with Crippen LogP contribution in [0.1, 0.15) is 28.7 Å². The average Bonchev–Trinajstić information content (AvgIpc) is 3.02. The van der Waals surface area contributed by atoms with Crippen LogP contribution in [0.5, 0.6) is 0 Å². The number of thiazole rings is 1. The summed E-state index contributed by atoms with van der Waals surface area (Å²) in [5.41, 5.74) is 3.39. The molecule has 2 aromatic heterocycles. The van der Waals surface area contributed by atoms with E-state index in [1.54, 1.807) is 11.3 Å². The van der Waals surface area contributed by atoms with Crippen LogP contribution in [0, 0.1) is 6.92 Å². The van der Waals surface area contributed by atoms with E-state index in [1.165, 1.54) is 5.56 Å². The number of hydrogen-bond donors (Lipinski definition) is 0. The Morgan fingerprint density at radius 3 is 2.95 bits per heavy atom. The molecule has 3 nitrogen and oxygen atoms in total. The second kappa shape index (κ2) is 5.54. The molecule has 0 aliphatic rings. The van der Waals surface area contributed by atoms with Gasteiger partial charge in [0.05, 0.1) is 21.4 Å². The summed E-state index contributed by atoms with van der Waals surface area (Å²) in [6.07, 6.45) is 2.76. The third-order valence-corrected chi connectivity index (χ3v) is 4.36. The highest BCUT2D eigenvalue weighted by Crippen LogP contribution is 2.25. The maximum Gasteiger partial charge on any atom is 0.127 e. The minimum Gasteiger partial charge on any atom is -0.326 e. The molecule has 3 aromatic rings. The lowest BCUT2D eigenvalue weighted by Crippen LogP contribution is -2.06. The Kier molecular flexibility index (Phi) is 3.76. The largest absolute Gasteiger partial charge is 0.326 e. The van der Waals surface area contributed by atoms with E-state index in [2.05, 4.69) is 39.7 Å². The molecule has 0 fully saturated rings. The van der Waals surface area contributed by atoms with Gasteiger partial charge in [-0.2, -0.15) is 0 Å². The Labute approximate surface area is 127 Å². The van der Waals surface area contributed by atoms with Crippen LogP contribution in [0.4, 0.5) is 0 Å². The van der Waals surface area contributed by atoms with E-state index in [-0.39, 0.29) is 5.38 Å². The van der Waals surface area contributed by atoms with E-state index in [4.69, 9.17) is 11.6 Å². The number of rotatable bonds is 4. The number of fused-ring (bicyclic) bond motifs is 1. The van der Waals surface area contributed by atoms with Crippen molar-refractivity contribution in [2.45, 2.75) is 32.2 Å². The molecule has 0 aliphatic carbocycles. The quantitative estimate of drug-likeness (QED) is 0.671. The highest BCUT2D eigenvalue weighted by Gasteiger charge is 2.15. The maximum absolute atomic E-state index is 6.28. The van der Waals surface area contributed by atoms with Crippen LogP contribution < -0.4 is 0 Å². The SMILES string of the molecule is Cc1ccc2c(c1)nc(C(C)Cl)n2CCc1nccs1. The third-order valence-electron chi connectivity index (χ3n) is 3.32. The van der Waals surface area contributed by atoms with Crippen molar-refractivity contribution in [2.75, 3.05) is 0 Å². The first-order valence-electron chi connectivity index (χ1n) is 6.64. The van der Waals surface area contributed by atoms with Gasteiger partial charge in [0.2, 0.25) is 0 Å². The van der Waals surface area contributed by atoms with Crippen molar-refractivity contribution in [3.8, 4) is 0 Å². The molecule has 20 heavy (non-hydrogen) atoms. The molecule has 0 saturated heterocycles. The smallest absolute Gasteiger partial charge is 0.127 e. The summed E-state index contributed by atoms with van der Waals surface area (Å²) in [6.45, 7) is 4.91. The van der Waals surface area contributed by atoms with E-state index in [0.29, 0.717) is 0 Å². The molecule has 1 atom stereocenters. The van der Waals surface area contributed by atoms with Crippen LogP contribution in [0.15, 0.2) is 29.8 Å². The molecule has 1 unspecified atom stereocenters. The topological polar surface area (TPSA) is 30.7 Å². The van der Waals surface area contributed by atoms with E-state index >= 15 is 0 Å². The molecular weight excluding hydrogens is 290 g/mol. The van der Waals surface area contributed by atoms with Crippen LogP contribution in [-0.2, 0) is 13.0 Å². The van der Waals surface area contributed by atoms with Gasteiger partial charge in [0.15, 0.2) is 0 Å². The highest BCUT2D eigenvalue weighted by molar-refractivity contribution is 7.09. The summed E-state index contributed by atoms with van der Waals surface area (Å²) >= 11 is 7.97. The number of alkyl halides is 1. The standard InChI is InChI=1S/C15H16ClN3S/c1-10-3-4-13-12(9-10)18-15(11(2)16)19(13)7-5-14-17-6-8-20-14/h3-4,6,8-9,11H,5,7H2,1-2H3. The maximum atomic E-state index is 6.28. The highest BCUT2D eigenvalue weighted by atomic mass is 35.5. The number of aromatic nitrogens is 3. The molecule has 5 heteroatoms. The van der Waals surface area contributed by atoms with E-state index in [0.717, 1.165) is 34.8 Å². The van der Waals surface area contributed by atoms with Gasteiger partial charge < -0.3 is 4.57 Å². The summed E-state index contributed by atoms with van der Waals surface area (Å²) in [6, 6.07) is 6.35. The average molecular weight is 306 g/mol. The molecule has 0 radical (unpaired) electrons. The van der Waals surface area contributed by atoms with E-state index in [9.17, 15) is 0 Å². The van der Waals surface area contributed by atoms with Gasteiger partial charge in [-0.15, -0.1) is 22.9 Å². The monoisotopic (exact) mass is 305 g/mol. The molecule has 0 N–H and O–H groups in total. The Balaban J connectivity index is 2.00. The minimum atomic E-state index is -0.0981. The molecule has 0 bridgehead atoms. The van der Waals surface area contributed by atoms with Crippen molar-refractivity contribution in [2.24, 2.45) is 0 Å². The van der Waals surface area contributed by atoms with E-state index < -0.39 is 0 Å². The van der Waals surface area contributed by atoms with Crippen LogP contribution >= 0.6 is 22.9 Å². The number of aryl methyl sites for hydroxylation is 3. The number of benzene rings is 1. The minimum absolute atomic E-state index is 0.0981. The Morgan fingerprint density at radius 2 is 2.25 bits per heavy atom. The second-order valence-corrected chi connectivity index (χ2v) is 6.54. The van der Waals surface area contributed by atoms with Crippen LogP contribution in [0.2, 0.25) is 0 Å². The van der Waals surface area contributed by atoms with Gasteiger partial charge in [-0.1, -0.05) is 6.07 Å². The Bertz CT molecular complexity index is 716. The predicted octanol–water partition coefficient (Wildman–Crippen LogP) is 4.34. The summed E-state index contributed by atoms with van der Waals surface area (Å²) in [4.78, 5) is 9.02. The van der Waals surface area contributed by atoms with Crippen molar-refractivity contribution < 1.29 is 0 Å². The zero-order chi connectivity index (χ0) is 14.1. The molecule has 2 heterocycles. The summed E-state index contributed by atoms with van der Waals surface area (Å²) in [5, 5.41) is 3.06. The Morgan fingerprint density at radius 1 is 1.40 bits per heavy atom. The fourth-order valence-electron chi connectivity index (χ4n) is 2.38. The van der Waals surface area contributed by atoms with Gasteiger partial charge in [0.25, 0.3) is 0 Å². The van der Waals surface area contributed by atoms with Gasteiger partial charge >= 0.3 is 0 Å². The summed E-state index contributed by atoms with van der Waals surface area (Å²) < 4.78 is 2.22. The summed E-state index contributed by atoms with van der Waals surface area (Å²) in [5.74, 6) is 0.934. The van der Waals surface area contributed by atoms with Gasteiger partial charge in [-0.3, -0.25) is 0 Å². The number of hydrogen-bond acceptors (Lipinski definition) is 3. The summed E-state index contributed by atoms with van der Waals surface area (Å²) in [7, 11) is 0. The molecule has 0 spiro atoms.